The Balaban J connectivity index is 0.00000385. The molecule has 2 aromatic carbocycles. The highest BCUT2D eigenvalue weighted by molar-refractivity contribution is 7.22. The molecule has 3 aromatic rings. The van der Waals surface area contributed by atoms with E-state index in [2.05, 4.69) is 4.98 Å². The normalized spacial score (nSPS) is 10.9. The summed E-state index contributed by atoms with van der Waals surface area (Å²) in [6.07, 6.45) is 2.96. The first-order valence-corrected chi connectivity index (χ1v) is 10.6. The van der Waals surface area contributed by atoms with Gasteiger partial charge in [0.1, 0.15) is 21.7 Å². The minimum atomic E-state index is -0.468. The Hall–Kier alpha value is -3.21. The van der Waals surface area contributed by atoms with E-state index in [9.17, 15) is 14.9 Å². The number of carbonyl (C=O) groups excluding carboxylic acids is 1. The van der Waals surface area contributed by atoms with Crippen LogP contribution in [0.4, 0.5) is 10.8 Å². The monoisotopic (exact) mass is 492 g/mol. The SMILES string of the molecule is COc1ccc(OC)c2sc(N(CCN(C)C)C(=O)C=Cc3cccc([N+](=O)[O-])c3)nc12.Cl. The molecule has 176 valence electrons. The number of anilines is 1. The van der Waals surface area contributed by atoms with E-state index in [1.807, 2.05) is 19.0 Å². The largest absolute Gasteiger partial charge is 0.495 e. The molecular weight excluding hydrogens is 468 g/mol. The van der Waals surface area contributed by atoms with Crippen molar-refractivity contribution in [1.29, 1.82) is 0 Å². The number of halogens is 1. The summed E-state index contributed by atoms with van der Waals surface area (Å²) in [5, 5.41) is 11.5. The fourth-order valence-corrected chi connectivity index (χ4v) is 4.10. The molecule has 0 aliphatic heterocycles. The number of nitrogens with zero attached hydrogens (tertiary/aromatic N) is 4. The van der Waals surface area contributed by atoms with Gasteiger partial charge in [-0.15, -0.1) is 12.4 Å². The molecule has 1 amide bonds. The highest BCUT2D eigenvalue weighted by Crippen LogP contribution is 2.40. The molecule has 0 bridgehead atoms. The van der Waals surface area contributed by atoms with Gasteiger partial charge in [0.15, 0.2) is 5.13 Å². The van der Waals surface area contributed by atoms with Gasteiger partial charge in [-0.05, 0) is 37.9 Å². The summed E-state index contributed by atoms with van der Waals surface area (Å²) in [4.78, 5) is 31.9. The van der Waals surface area contributed by atoms with E-state index in [1.165, 1.54) is 29.5 Å². The van der Waals surface area contributed by atoms with Gasteiger partial charge in [-0.3, -0.25) is 19.8 Å². The maximum atomic E-state index is 13.1. The summed E-state index contributed by atoms with van der Waals surface area (Å²) < 4.78 is 11.7. The van der Waals surface area contributed by atoms with Crippen molar-refractivity contribution in [2.75, 3.05) is 46.3 Å². The number of amides is 1. The highest BCUT2D eigenvalue weighted by Gasteiger charge is 2.21. The van der Waals surface area contributed by atoms with Crippen LogP contribution in [0.5, 0.6) is 11.5 Å². The van der Waals surface area contributed by atoms with Gasteiger partial charge < -0.3 is 14.4 Å². The fraction of sp³-hybridized carbons (Fsp3) is 0.273. The van der Waals surface area contributed by atoms with Gasteiger partial charge >= 0.3 is 0 Å². The Morgan fingerprint density at radius 3 is 2.48 bits per heavy atom. The van der Waals surface area contributed by atoms with Gasteiger partial charge in [-0.1, -0.05) is 23.5 Å². The van der Waals surface area contributed by atoms with Crippen LogP contribution in [0.1, 0.15) is 5.56 Å². The van der Waals surface area contributed by atoms with E-state index in [1.54, 1.807) is 49.5 Å². The van der Waals surface area contributed by atoms with E-state index in [4.69, 9.17) is 9.47 Å². The van der Waals surface area contributed by atoms with Crippen LogP contribution in [0.25, 0.3) is 16.3 Å². The minimum Gasteiger partial charge on any atom is -0.495 e. The molecule has 1 heterocycles. The summed E-state index contributed by atoms with van der Waals surface area (Å²) in [5.41, 5.74) is 1.15. The number of hydrogen-bond donors (Lipinski definition) is 0. The second kappa shape index (κ2) is 11.6. The number of benzene rings is 2. The lowest BCUT2D eigenvalue weighted by atomic mass is 10.2. The number of fused-ring (bicyclic) bond motifs is 1. The summed E-state index contributed by atoms with van der Waals surface area (Å²) in [7, 11) is 6.99. The fourth-order valence-electron chi connectivity index (χ4n) is 2.99. The van der Waals surface area contributed by atoms with E-state index < -0.39 is 4.92 Å². The first-order chi connectivity index (χ1) is 15.3. The number of aromatic nitrogens is 1. The van der Waals surface area contributed by atoms with E-state index in [0.717, 1.165) is 4.70 Å². The molecule has 3 rings (SSSR count). The maximum absolute atomic E-state index is 13.1. The number of nitro benzene ring substituents is 1. The molecule has 1 aromatic heterocycles. The molecule has 0 aliphatic rings. The van der Waals surface area contributed by atoms with Crippen molar-refractivity contribution in [1.82, 2.24) is 9.88 Å². The third kappa shape index (κ3) is 6.19. The summed E-state index contributed by atoms with van der Waals surface area (Å²) >= 11 is 1.34. The Morgan fingerprint density at radius 1 is 1.15 bits per heavy atom. The zero-order chi connectivity index (χ0) is 23.3. The topological polar surface area (TPSA) is 98.0 Å². The van der Waals surface area contributed by atoms with Gasteiger partial charge in [0.05, 0.1) is 19.1 Å². The number of thiazole rings is 1. The second-order valence-corrected chi connectivity index (χ2v) is 8.10. The molecule has 0 atom stereocenters. The van der Waals surface area contributed by atoms with Gasteiger partial charge in [0, 0.05) is 31.3 Å². The number of likely N-dealkylation sites (N-methyl/N-ethyl adjacent to an activating group) is 1. The maximum Gasteiger partial charge on any atom is 0.270 e. The van der Waals surface area contributed by atoms with Crippen LogP contribution in [0.15, 0.2) is 42.5 Å². The standard InChI is InChI=1S/C22H24N4O5S.ClH/c1-24(2)12-13-25(19(27)11-8-15-6-5-7-16(14-15)26(28)29)22-23-20-17(30-3)9-10-18(31-4)21(20)32-22;/h5-11,14H,12-13H2,1-4H3;1H. The Bertz CT molecular complexity index is 1120. The summed E-state index contributed by atoms with van der Waals surface area (Å²) in [6, 6.07) is 9.69. The number of non-ortho nitro benzene ring substituents is 1. The summed E-state index contributed by atoms with van der Waals surface area (Å²) in [5.74, 6) is 0.961. The Morgan fingerprint density at radius 2 is 1.85 bits per heavy atom. The van der Waals surface area contributed by atoms with E-state index in [-0.39, 0.29) is 24.0 Å². The van der Waals surface area contributed by atoms with Crippen LogP contribution in [0.3, 0.4) is 0 Å². The lowest BCUT2D eigenvalue weighted by Gasteiger charge is -2.20. The van der Waals surface area contributed by atoms with Crippen LogP contribution in [-0.2, 0) is 4.79 Å². The molecule has 0 unspecified atom stereocenters. The van der Waals surface area contributed by atoms with Crippen LogP contribution in [0.2, 0.25) is 0 Å². The van der Waals surface area contributed by atoms with Crippen LogP contribution in [0, 0.1) is 10.1 Å². The number of methoxy groups -OCH3 is 2. The molecule has 0 N–H and O–H groups in total. The molecule has 0 aliphatic carbocycles. The van der Waals surface area contributed by atoms with Gasteiger partial charge in [0.25, 0.3) is 11.6 Å². The van der Waals surface area contributed by atoms with Gasteiger partial charge in [-0.25, -0.2) is 4.98 Å². The number of carbonyl (C=O) groups is 1. The predicted octanol–water partition coefficient (Wildman–Crippen LogP) is 4.25. The van der Waals surface area contributed by atoms with E-state index in [0.29, 0.717) is 40.8 Å². The van der Waals surface area contributed by atoms with Crippen molar-refractivity contribution >= 4 is 56.8 Å². The number of nitro groups is 1. The quantitative estimate of drug-likeness (QED) is 0.250. The van der Waals surface area contributed by atoms with E-state index >= 15 is 0 Å². The predicted molar refractivity (Wildman–Crippen MR) is 133 cm³/mol. The first-order valence-electron chi connectivity index (χ1n) is 9.74. The third-order valence-electron chi connectivity index (χ3n) is 4.67. The van der Waals surface area contributed by atoms with Gasteiger partial charge in [0.2, 0.25) is 0 Å². The lowest BCUT2D eigenvalue weighted by Crippen LogP contribution is -2.35. The molecule has 0 saturated carbocycles. The van der Waals surface area contributed by atoms with Gasteiger partial charge in [-0.2, -0.15) is 0 Å². The minimum absolute atomic E-state index is 0. The average molecular weight is 493 g/mol. The Kier molecular flexibility index (Phi) is 9.15. The first kappa shape index (κ1) is 26.0. The molecule has 0 saturated heterocycles. The second-order valence-electron chi connectivity index (χ2n) is 7.12. The van der Waals surface area contributed by atoms with Crippen LogP contribution < -0.4 is 14.4 Å². The molecule has 0 radical (unpaired) electrons. The van der Waals surface area contributed by atoms with Crippen molar-refractivity contribution in [3.63, 3.8) is 0 Å². The number of ether oxygens (including phenoxy) is 2. The lowest BCUT2D eigenvalue weighted by molar-refractivity contribution is -0.384. The Labute approximate surface area is 201 Å². The van der Waals surface area contributed by atoms with Crippen LogP contribution in [-0.4, -0.2) is 62.1 Å². The molecule has 11 heteroatoms. The van der Waals surface area contributed by atoms with Crippen LogP contribution >= 0.6 is 23.7 Å². The van der Waals surface area contributed by atoms with Crippen molar-refractivity contribution in [2.45, 2.75) is 0 Å². The molecule has 0 fully saturated rings. The third-order valence-corrected chi connectivity index (χ3v) is 5.76. The molecule has 0 spiro atoms. The van der Waals surface area contributed by atoms with Crippen molar-refractivity contribution in [3.05, 3.63) is 58.2 Å². The number of hydrogen-bond acceptors (Lipinski definition) is 8. The van der Waals surface area contributed by atoms with Crippen molar-refractivity contribution in [3.8, 4) is 11.5 Å². The van der Waals surface area contributed by atoms with Crippen molar-refractivity contribution in [2.24, 2.45) is 0 Å². The molecule has 9 nitrogen and oxygen atoms in total. The zero-order valence-electron chi connectivity index (χ0n) is 18.7. The number of rotatable bonds is 9. The smallest absolute Gasteiger partial charge is 0.270 e. The highest BCUT2D eigenvalue weighted by atomic mass is 35.5. The van der Waals surface area contributed by atoms with Crippen molar-refractivity contribution < 1.29 is 19.2 Å². The molecular formula is C22H25ClN4O5S. The average Bonchev–Trinajstić information content (AvgIpc) is 3.22. The summed E-state index contributed by atoms with van der Waals surface area (Å²) in [6.45, 7) is 1.04. The molecule has 33 heavy (non-hydrogen) atoms. The zero-order valence-corrected chi connectivity index (χ0v) is 20.3.